The molecule has 0 aliphatic heterocycles. The van der Waals surface area contributed by atoms with Crippen molar-refractivity contribution < 1.29 is 0 Å². The number of hydrogen-bond acceptors (Lipinski definition) is 2. The Labute approximate surface area is 214 Å². The first-order chi connectivity index (χ1) is 16.8. The predicted octanol–water partition coefficient (Wildman–Crippen LogP) is 10.5. The van der Waals surface area contributed by atoms with Gasteiger partial charge in [-0.3, -0.25) is 0 Å². The molecule has 2 aromatic heterocycles. The number of fused-ring (bicyclic) bond motifs is 8. The SMILES string of the molecule is Cc1ccc2c(c1)C(C)(C)c1cc(-c3sc4c(ccc5c4ccc4c(C)c(C)sc45)c3C)ccc1-2. The average Bonchev–Trinajstić information content (AvgIpc) is 3.41. The molecule has 0 unspecified atom stereocenters. The van der Waals surface area contributed by atoms with Crippen LogP contribution in [0.15, 0.2) is 60.7 Å². The molecule has 2 heteroatoms. The van der Waals surface area contributed by atoms with Crippen molar-refractivity contribution in [1.82, 2.24) is 0 Å². The van der Waals surface area contributed by atoms with Gasteiger partial charge in [0, 0.05) is 35.3 Å². The maximum absolute atomic E-state index is 2.47. The van der Waals surface area contributed by atoms with Crippen molar-refractivity contribution in [3.05, 3.63) is 93.4 Å². The molecule has 0 amide bonds. The molecule has 0 radical (unpaired) electrons. The summed E-state index contributed by atoms with van der Waals surface area (Å²) in [7, 11) is 0. The number of rotatable bonds is 1. The normalized spacial score (nSPS) is 14.2. The first kappa shape index (κ1) is 21.4. The summed E-state index contributed by atoms with van der Waals surface area (Å²) < 4.78 is 2.85. The lowest BCUT2D eigenvalue weighted by atomic mass is 9.81. The van der Waals surface area contributed by atoms with Gasteiger partial charge in [-0.25, -0.2) is 0 Å². The minimum Gasteiger partial charge on any atom is -0.140 e. The Balaban J connectivity index is 1.45. The monoisotopic (exact) mass is 488 g/mol. The average molecular weight is 489 g/mol. The Morgan fingerprint density at radius 1 is 0.571 bits per heavy atom. The third-order valence-corrected chi connectivity index (χ3v) is 11.0. The van der Waals surface area contributed by atoms with E-state index in [0.29, 0.717) is 0 Å². The standard InChI is InChI=1S/C33H28S2/c1-17-7-9-24-25-10-8-21(16-29(25)33(5,6)28(24)15-17)30-19(3)23-12-14-26-27(32(23)35-30)13-11-22-18(2)20(4)34-31(22)26/h7-16H,1-6H3. The number of aryl methyl sites for hydroxylation is 4. The highest BCUT2D eigenvalue weighted by Crippen LogP contribution is 2.51. The summed E-state index contributed by atoms with van der Waals surface area (Å²) in [4.78, 5) is 2.82. The molecule has 1 aliphatic carbocycles. The fourth-order valence-electron chi connectivity index (χ4n) is 6.15. The van der Waals surface area contributed by atoms with Crippen molar-refractivity contribution >= 4 is 53.6 Å². The molecule has 0 saturated carbocycles. The second-order valence-corrected chi connectivity index (χ2v) is 13.0. The van der Waals surface area contributed by atoms with Crippen LogP contribution in [0.4, 0.5) is 0 Å². The molecular weight excluding hydrogens is 460 g/mol. The van der Waals surface area contributed by atoms with Crippen LogP contribution in [0.25, 0.3) is 52.5 Å². The van der Waals surface area contributed by atoms with E-state index in [2.05, 4.69) is 102 Å². The van der Waals surface area contributed by atoms with E-state index < -0.39 is 0 Å². The van der Waals surface area contributed by atoms with Crippen LogP contribution in [0.2, 0.25) is 0 Å². The van der Waals surface area contributed by atoms with Gasteiger partial charge in [-0.1, -0.05) is 74.0 Å². The molecule has 0 spiro atoms. The van der Waals surface area contributed by atoms with Crippen molar-refractivity contribution in [2.75, 3.05) is 0 Å². The molecule has 4 aromatic carbocycles. The van der Waals surface area contributed by atoms with Gasteiger partial charge in [0.15, 0.2) is 0 Å². The van der Waals surface area contributed by atoms with Crippen molar-refractivity contribution in [2.45, 2.75) is 47.0 Å². The number of benzene rings is 4. The minimum atomic E-state index is 0.0183. The first-order valence-electron chi connectivity index (χ1n) is 12.4. The smallest absolute Gasteiger partial charge is 0.0431 e. The van der Waals surface area contributed by atoms with Crippen molar-refractivity contribution in [2.24, 2.45) is 0 Å². The fraction of sp³-hybridized carbons (Fsp3) is 0.212. The van der Waals surface area contributed by atoms with E-state index in [9.17, 15) is 0 Å². The van der Waals surface area contributed by atoms with E-state index in [1.807, 2.05) is 22.7 Å². The zero-order valence-electron chi connectivity index (χ0n) is 21.1. The molecule has 2 heterocycles. The molecule has 0 saturated heterocycles. The van der Waals surface area contributed by atoms with Crippen LogP contribution in [-0.4, -0.2) is 0 Å². The molecular formula is C33H28S2. The summed E-state index contributed by atoms with van der Waals surface area (Å²) in [5, 5.41) is 5.58. The van der Waals surface area contributed by atoms with Gasteiger partial charge in [0.25, 0.3) is 0 Å². The zero-order valence-corrected chi connectivity index (χ0v) is 22.7. The number of thiophene rings is 2. The Kier molecular flexibility index (Phi) is 4.31. The van der Waals surface area contributed by atoms with Gasteiger partial charge in [0.2, 0.25) is 0 Å². The molecule has 6 aromatic rings. The topological polar surface area (TPSA) is 0 Å². The molecule has 0 nitrogen and oxygen atoms in total. The molecule has 0 bridgehead atoms. The van der Waals surface area contributed by atoms with E-state index in [1.165, 1.54) is 85.2 Å². The minimum absolute atomic E-state index is 0.0183. The first-order valence-corrected chi connectivity index (χ1v) is 14.0. The van der Waals surface area contributed by atoms with Crippen LogP contribution < -0.4 is 0 Å². The van der Waals surface area contributed by atoms with Gasteiger partial charge in [-0.15, -0.1) is 22.7 Å². The predicted molar refractivity (Wildman–Crippen MR) is 157 cm³/mol. The Bertz CT molecular complexity index is 1860. The maximum Gasteiger partial charge on any atom is 0.0431 e. The summed E-state index contributed by atoms with van der Waals surface area (Å²) in [6.07, 6.45) is 0. The van der Waals surface area contributed by atoms with Gasteiger partial charge in [-0.05, 0) is 83.5 Å². The van der Waals surface area contributed by atoms with Gasteiger partial charge < -0.3 is 0 Å². The van der Waals surface area contributed by atoms with Gasteiger partial charge in [-0.2, -0.15) is 0 Å². The van der Waals surface area contributed by atoms with Crippen LogP contribution in [0.3, 0.4) is 0 Å². The number of hydrogen-bond donors (Lipinski definition) is 0. The van der Waals surface area contributed by atoms with E-state index in [1.54, 1.807) is 0 Å². The second kappa shape index (κ2) is 7.06. The highest BCUT2D eigenvalue weighted by Gasteiger charge is 2.35. The zero-order chi connectivity index (χ0) is 24.2. The summed E-state index contributed by atoms with van der Waals surface area (Å²) >= 11 is 3.90. The van der Waals surface area contributed by atoms with E-state index in [4.69, 9.17) is 0 Å². The van der Waals surface area contributed by atoms with Crippen molar-refractivity contribution in [3.63, 3.8) is 0 Å². The Morgan fingerprint density at radius 2 is 1.14 bits per heavy atom. The van der Waals surface area contributed by atoms with Crippen molar-refractivity contribution in [1.29, 1.82) is 0 Å². The largest absolute Gasteiger partial charge is 0.140 e. The van der Waals surface area contributed by atoms with E-state index in [0.717, 1.165) is 0 Å². The molecule has 0 fully saturated rings. The Hall–Kier alpha value is -2.94. The van der Waals surface area contributed by atoms with Crippen LogP contribution >= 0.6 is 22.7 Å². The van der Waals surface area contributed by atoms with Crippen molar-refractivity contribution in [3.8, 4) is 21.6 Å². The third kappa shape index (κ3) is 2.78. The van der Waals surface area contributed by atoms with Crippen LogP contribution in [0.5, 0.6) is 0 Å². The second-order valence-electron chi connectivity index (χ2n) is 10.8. The molecule has 35 heavy (non-hydrogen) atoms. The quantitative estimate of drug-likeness (QED) is 0.216. The maximum atomic E-state index is 2.47. The van der Waals surface area contributed by atoms with Gasteiger partial charge in [0.1, 0.15) is 0 Å². The van der Waals surface area contributed by atoms with E-state index in [-0.39, 0.29) is 5.41 Å². The fourth-order valence-corrected chi connectivity index (χ4v) is 8.67. The van der Waals surface area contributed by atoms with Gasteiger partial charge >= 0.3 is 0 Å². The highest BCUT2D eigenvalue weighted by molar-refractivity contribution is 7.24. The Morgan fingerprint density at radius 3 is 1.86 bits per heavy atom. The summed E-state index contributed by atoms with van der Waals surface area (Å²) in [5.41, 5.74) is 11.2. The lowest BCUT2D eigenvalue weighted by molar-refractivity contribution is 0.660. The molecule has 0 N–H and O–H groups in total. The van der Waals surface area contributed by atoms with E-state index >= 15 is 0 Å². The molecule has 7 rings (SSSR count). The highest BCUT2D eigenvalue weighted by atomic mass is 32.1. The lowest BCUT2D eigenvalue weighted by Crippen LogP contribution is -2.15. The van der Waals surface area contributed by atoms with Gasteiger partial charge in [0.05, 0.1) is 0 Å². The van der Waals surface area contributed by atoms with Crippen LogP contribution in [0.1, 0.15) is 46.5 Å². The van der Waals surface area contributed by atoms with Crippen LogP contribution in [-0.2, 0) is 5.41 Å². The molecule has 1 aliphatic rings. The summed E-state index contributed by atoms with van der Waals surface area (Å²) in [6.45, 7) is 13.7. The summed E-state index contributed by atoms with van der Waals surface area (Å²) in [5.74, 6) is 0. The summed E-state index contributed by atoms with van der Waals surface area (Å²) in [6, 6.07) is 23.5. The lowest BCUT2D eigenvalue weighted by Gasteiger charge is -2.22. The van der Waals surface area contributed by atoms with Crippen LogP contribution in [0, 0.1) is 27.7 Å². The third-order valence-electron chi connectivity index (χ3n) is 8.33. The molecule has 0 atom stereocenters. The molecule has 172 valence electrons.